The average Bonchev–Trinajstić information content (AvgIpc) is 2.79. The van der Waals surface area contributed by atoms with Gasteiger partial charge in [-0.1, -0.05) is 6.08 Å². The second kappa shape index (κ2) is 5.83. The number of carbonyl (C=O) groups is 1. The van der Waals surface area contributed by atoms with E-state index >= 15 is 0 Å². The molecule has 0 aliphatic heterocycles. The highest BCUT2D eigenvalue weighted by Crippen LogP contribution is 2.16. The molecule has 0 aliphatic rings. The van der Waals surface area contributed by atoms with Crippen LogP contribution < -0.4 is 0 Å². The summed E-state index contributed by atoms with van der Waals surface area (Å²) in [6, 6.07) is 1.11. The maximum absolute atomic E-state index is 12.0. The molecule has 0 saturated carbocycles. The van der Waals surface area contributed by atoms with Crippen LogP contribution in [0.2, 0.25) is 0 Å². The van der Waals surface area contributed by atoms with Crippen LogP contribution in [-0.4, -0.2) is 42.4 Å². The van der Waals surface area contributed by atoms with Gasteiger partial charge in [0, 0.05) is 19.8 Å². The van der Waals surface area contributed by atoms with Crippen molar-refractivity contribution in [2.24, 2.45) is 0 Å². The molecule has 0 amide bonds. The molecule has 2 N–H and O–H groups in total. The molecule has 0 radical (unpaired) electrons. The zero-order valence-electron chi connectivity index (χ0n) is 10.1. The Bertz CT molecular complexity index is 533. The lowest BCUT2D eigenvalue weighted by Crippen LogP contribution is -2.27. The molecule has 0 saturated heterocycles. The highest BCUT2D eigenvalue weighted by Gasteiger charge is 2.22. The number of aromatic amines is 1. The van der Waals surface area contributed by atoms with E-state index in [1.807, 2.05) is 0 Å². The molecular weight excluding hydrogens is 256 g/mol. The Kier molecular flexibility index (Phi) is 4.69. The zero-order chi connectivity index (χ0) is 13.8. The molecule has 0 atom stereocenters. The van der Waals surface area contributed by atoms with Gasteiger partial charge in [0.25, 0.3) is 0 Å². The van der Waals surface area contributed by atoms with Crippen molar-refractivity contribution in [3.8, 4) is 0 Å². The maximum Gasteiger partial charge on any atom is 0.352 e. The molecule has 7 heteroatoms. The van der Waals surface area contributed by atoms with Gasteiger partial charge in [-0.25, -0.2) is 17.5 Å². The van der Waals surface area contributed by atoms with E-state index in [9.17, 15) is 13.2 Å². The number of unbranched alkanes of at least 4 members (excludes halogenated alkanes) is 1. The molecule has 18 heavy (non-hydrogen) atoms. The topological polar surface area (TPSA) is 90.5 Å². The van der Waals surface area contributed by atoms with E-state index in [1.165, 1.54) is 17.5 Å². The van der Waals surface area contributed by atoms with Crippen molar-refractivity contribution in [3.63, 3.8) is 0 Å². The van der Waals surface area contributed by atoms with E-state index in [2.05, 4.69) is 11.6 Å². The smallest absolute Gasteiger partial charge is 0.352 e. The molecule has 1 aromatic heterocycles. The Morgan fingerprint density at radius 2 is 2.28 bits per heavy atom. The molecule has 1 rings (SSSR count). The predicted molar refractivity (Wildman–Crippen MR) is 67.0 cm³/mol. The molecule has 0 spiro atoms. The molecule has 0 bridgehead atoms. The van der Waals surface area contributed by atoms with Crippen LogP contribution in [0.1, 0.15) is 23.3 Å². The van der Waals surface area contributed by atoms with Gasteiger partial charge in [0.05, 0.1) is 0 Å². The summed E-state index contributed by atoms with van der Waals surface area (Å²) in [6.07, 6.45) is 4.31. The van der Waals surface area contributed by atoms with Crippen LogP contribution in [0, 0.1) is 0 Å². The van der Waals surface area contributed by atoms with Gasteiger partial charge in [0.1, 0.15) is 10.6 Å². The Hall–Kier alpha value is -1.60. The van der Waals surface area contributed by atoms with Gasteiger partial charge in [0.2, 0.25) is 10.0 Å². The summed E-state index contributed by atoms with van der Waals surface area (Å²) in [5.41, 5.74) is -0.145. The van der Waals surface area contributed by atoms with Gasteiger partial charge in [-0.15, -0.1) is 6.58 Å². The third-order valence-corrected chi connectivity index (χ3v) is 4.31. The summed E-state index contributed by atoms with van der Waals surface area (Å²) in [6.45, 7) is 3.93. The van der Waals surface area contributed by atoms with Crippen LogP contribution in [0.5, 0.6) is 0 Å². The van der Waals surface area contributed by atoms with Crippen LogP contribution in [0.4, 0.5) is 0 Å². The van der Waals surface area contributed by atoms with E-state index in [-0.39, 0.29) is 10.6 Å². The van der Waals surface area contributed by atoms with E-state index in [1.54, 1.807) is 6.08 Å². The lowest BCUT2D eigenvalue weighted by Gasteiger charge is -2.15. The SMILES string of the molecule is C=CCCCN(C)S(=O)(=O)c1c[nH]c(C(=O)O)c1. The van der Waals surface area contributed by atoms with Crippen LogP contribution in [0.25, 0.3) is 0 Å². The number of carboxylic acid groups (broad SMARTS) is 1. The van der Waals surface area contributed by atoms with Gasteiger partial charge in [-0.3, -0.25) is 0 Å². The maximum atomic E-state index is 12.0. The van der Waals surface area contributed by atoms with Crippen LogP contribution in [0.3, 0.4) is 0 Å². The number of hydrogen-bond acceptors (Lipinski definition) is 3. The summed E-state index contributed by atoms with van der Waals surface area (Å²) in [5.74, 6) is -1.19. The van der Waals surface area contributed by atoms with Gasteiger partial charge >= 0.3 is 5.97 Å². The summed E-state index contributed by atoms with van der Waals surface area (Å²) in [5, 5.41) is 8.73. The quantitative estimate of drug-likeness (QED) is 0.578. The van der Waals surface area contributed by atoms with E-state index in [4.69, 9.17) is 5.11 Å². The minimum absolute atomic E-state index is 0.0407. The van der Waals surface area contributed by atoms with Crippen molar-refractivity contribution in [3.05, 3.63) is 30.6 Å². The van der Waals surface area contributed by atoms with Crippen LogP contribution >= 0.6 is 0 Å². The minimum atomic E-state index is -3.63. The highest BCUT2D eigenvalue weighted by molar-refractivity contribution is 7.89. The van der Waals surface area contributed by atoms with E-state index in [0.29, 0.717) is 13.0 Å². The average molecular weight is 272 g/mol. The molecule has 0 aromatic carbocycles. The first kappa shape index (κ1) is 14.5. The monoisotopic (exact) mass is 272 g/mol. The van der Waals surface area contributed by atoms with Crippen molar-refractivity contribution in [1.29, 1.82) is 0 Å². The van der Waals surface area contributed by atoms with Crippen molar-refractivity contribution in [2.45, 2.75) is 17.7 Å². The van der Waals surface area contributed by atoms with Crippen molar-refractivity contribution < 1.29 is 18.3 Å². The number of allylic oxidation sites excluding steroid dienone is 1. The number of sulfonamides is 1. The standard InChI is InChI=1S/C11H16N2O4S/c1-3-4-5-6-13(2)18(16,17)9-7-10(11(14)15)12-8-9/h3,7-8,12H,1,4-6H2,2H3,(H,14,15). The second-order valence-corrected chi connectivity index (χ2v) is 5.86. The Balaban J connectivity index is 2.84. The lowest BCUT2D eigenvalue weighted by molar-refractivity contribution is 0.0691. The number of rotatable bonds is 7. The molecular formula is C11H16N2O4S. The lowest BCUT2D eigenvalue weighted by atomic mass is 10.3. The largest absolute Gasteiger partial charge is 0.477 e. The van der Waals surface area contributed by atoms with Crippen LogP contribution in [-0.2, 0) is 10.0 Å². The first-order chi connectivity index (χ1) is 8.39. The number of aromatic nitrogens is 1. The molecule has 1 aromatic rings. The number of H-pyrrole nitrogens is 1. The number of carboxylic acids is 1. The van der Waals surface area contributed by atoms with E-state index < -0.39 is 16.0 Å². The van der Waals surface area contributed by atoms with Crippen molar-refractivity contribution >= 4 is 16.0 Å². The summed E-state index contributed by atoms with van der Waals surface area (Å²) in [4.78, 5) is 13.0. The van der Waals surface area contributed by atoms with Gasteiger partial charge in [-0.2, -0.15) is 0 Å². The third kappa shape index (κ3) is 3.21. The summed E-state index contributed by atoms with van der Waals surface area (Å²) < 4.78 is 25.3. The van der Waals surface area contributed by atoms with Crippen molar-refractivity contribution in [2.75, 3.05) is 13.6 Å². The molecule has 100 valence electrons. The summed E-state index contributed by atoms with van der Waals surface area (Å²) in [7, 11) is -2.16. The van der Waals surface area contributed by atoms with E-state index in [0.717, 1.165) is 12.5 Å². The third-order valence-electron chi connectivity index (χ3n) is 2.48. The fraction of sp³-hybridized carbons (Fsp3) is 0.364. The van der Waals surface area contributed by atoms with Gasteiger partial charge < -0.3 is 10.1 Å². The first-order valence-corrected chi connectivity index (χ1v) is 6.82. The Labute approximate surface area is 106 Å². The molecule has 0 fully saturated rings. The fourth-order valence-corrected chi connectivity index (χ4v) is 2.61. The predicted octanol–water partition coefficient (Wildman–Crippen LogP) is 1.30. The number of hydrogen-bond donors (Lipinski definition) is 2. The molecule has 0 unspecified atom stereocenters. The number of aromatic carboxylic acids is 1. The normalized spacial score (nSPS) is 11.7. The molecule has 0 aliphatic carbocycles. The van der Waals surface area contributed by atoms with Crippen molar-refractivity contribution in [1.82, 2.24) is 9.29 Å². The van der Waals surface area contributed by atoms with Gasteiger partial charge in [-0.05, 0) is 18.9 Å². The molecule has 6 nitrogen and oxygen atoms in total. The minimum Gasteiger partial charge on any atom is -0.477 e. The Morgan fingerprint density at radius 1 is 1.61 bits per heavy atom. The van der Waals surface area contributed by atoms with Crippen LogP contribution in [0.15, 0.2) is 29.8 Å². The summed E-state index contributed by atoms with van der Waals surface area (Å²) >= 11 is 0. The first-order valence-electron chi connectivity index (χ1n) is 5.38. The highest BCUT2D eigenvalue weighted by atomic mass is 32.2. The zero-order valence-corrected chi connectivity index (χ0v) is 10.9. The molecule has 1 heterocycles. The second-order valence-electron chi connectivity index (χ2n) is 3.81. The fourth-order valence-electron chi connectivity index (χ4n) is 1.41. The number of nitrogens with one attached hydrogen (secondary N) is 1. The Morgan fingerprint density at radius 3 is 2.78 bits per heavy atom. The number of nitrogens with zero attached hydrogens (tertiary/aromatic N) is 1. The van der Waals surface area contributed by atoms with Gasteiger partial charge in [0.15, 0.2) is 0 Å².